The maximum atomic E-state index is 12.9. The highest BCUT2D eigenvalue weighted by Gasteiger charge is 2.34. The fraction of sp³-hybridized carbons (Fsp3) is 0.292. The van der Waals surface area contributed by atoms with Crippen LogP contribution in [0.25, 0.3) is 5.57 Å². The Morgan fingerprint density at radius 1 is 1.03 bits per heavy atom. The van der Waals surface area contributed by atoms with Crippen LogP contribution in [-0.4, -0.2) is 74.3 Å². The van der Waals surface area contributed by atoms with Gasteiger partial charge in [0.05, 0.1) is 18.4 Å². The molecule has 0 spiro atoms. The lowest BCUT2D eigenvalue weighted by Gasteiger charge is -2.32. The van der Waals surface area contributed by atoms with Crippen LogP contribution in [0.3, 0.4) is 0 Å². The van der Waals surface area contributed by atoms with E-state index in [1.807, 2.05) is 43.4 Å². The molecule has 0 radical (unpaired) electrons. The number of anilines is 2. The van der Waals surface area contributed by atoms with Crippen molar-refractivity contribution < 1.29 is 19.2 Å². The van der Waals surface area contributed by atoms with Gasteiger partial charge in [-0.05, 0) is 31.3 Å². The molecule has 0 aromatic heterocycles. The van der Waals surface area contributed by atoms with Gasteiger partial charge >= 0.3 is 0 Å². The van der Waals surface area contributed by atoms with Crippen LogP contribution in [0.15, 0.2) is 53.3 Å². The van der Waals surface area contributed by atoms with Gasteiger partial charge in [0, 0.05) is 48.7 Å². The van der Waals surface area contributed by atoms with Gasteiger partial charge in [-0.1, -0.05) is 23.4 Å². The summed E-state index contributed by atoms with van der Waals surface area (Å²) in [6, 6.07) is 13.0. The summed E-state index contributed by atoms with van der Waals surface area (Å²) < 4.78 is 5.35. The number of carbonyl (C=O) groups is 2. The Morgan fingerprint density at radius 2 is 1.79 bits per heavy atom. The van der Waals surface area contributed by atoms with E-state index >= 15 is 0 Å². The fourth-order valence-electron chi connectivity index (χ4n) is 4.22. The van der Waals surface area contributed by atoms with Crippen LogP contribution >= 0.6 is 0 Å². The third kappa shape index (κ3) is 3.91. The van der Waals surface area contributed by atoms with E-state index in [0.717, 1.165) is 29.9 Å². The van der Waals surface area contributed by atoms with E-state index < -0.39 is 0 Å². The zero-order valence-electron chi connectivity index (χ0n) is 18.6. The van der Waals surface area contributed by atoms with Crippen LogP contribution in [-0.2, 0) is 14.4 Å². The summed E-state index contributed by atoms with van der Waals surface area (Å²) in [5.74, 6) is 0.302. The van der Waals surface area contributed by atoms with E-state index in [9.17, 15) is 9.59 Å². The van der Waals surface area contributed by atoms with Gasteiger partial charge in [-0.2, -0.15) is 0 Å². The molecule has 0 bridgehead atoms. The summed E-state index contributed by atoms with van der Waals surface area (Å²) >= 11 is 0. The van der Waals surface area contributed by atoms with Crippen molar-refractivity contribution >= 4 is 34.5 Å². The highest BCUT2D eigenvalue weighted by Crippen LogP contribution is 2.40. The van der Waals surface area contributed by atoms with Gasteiger partial charge in [0.1, 0.15) is 11.5 Å². The summed E-state index contributed by atoms with van der Waals surface area (Å²) in [5, 5.41) is 10.5. The van der Waals surface area contributed by atoms with Crippen molar-refractivity contribution in [1.29, 1.82) is 0 Å². The standard InChI is InChI=1S/C24H25N5O4/c1-28-9-11-29(12-10-28)20(30)14-33-27-22-16-5-3-4-6-18(16)25-23(22)21-17-13-15(32-2)7-8-19(17)26-24(21)31/h3-8,13,25H,9-12,14H2,1-2H3,(H,26,31)/b23-21-,27-22+. The number of nitrogens with one attached hydrogen (secondary N) is 2. The number of hydrogen-bond donors (Lipinski definition) is 2. The average Bonchev–Trinajstić information content (AvgIpc) is 3.35. The molecule has 2 aromatic carbocycles. The molecule has 3 aliphatic heterocycles. The van der Waals surface area contributed by atoms with Gasteiger partial charge in [0.2, 0.25) is 0 Å². The first-order valence-electron chi connectivity index (χ1n) is 10.8. The molecule has 3 aliphatic rings. The normalized spacial score (nSPS) is 20.8. The van der Waals surface area contributed by atoms with Gasteiger partial charge in [0.15, 0.2) is 6.61 Å². The van der Waals surface area contributed by atoms with E-state index in [-0.39, 0.29) is 18.4 Å². The van der Waals surface area contributed by atoms with Gasteiger partial charge < -0.3 is 30.0 Å². The molecule has 9 nitrogen and oxygen atoms in total. The smallest absolute Gasteiger partial charge is 0.263 e. The Kier molecular flexibility index (Phi) is 5.47. The summed E-state index contributed by atoms with van der Waals surface area (Å²) in [5.41, 5.74) is 4.51. The van der Waals surface area contributed by atoms with Crippen LogP contribution in [0, 0.1) is 0 Å². The number of fused-ring (bicyclic) bond motifs is 2. The number of amides is 2. The first kappa shape index (κ1) is 21.0. The molecular formula is C24H25N5O4. The third-order valence-corrected chi connectivity index (χ3v) is 6.10. The second kappa shape index (κ2) is 8.59. The average molecular weight is 447 g/mol. The molecular weight excluding hydrogens is 422 g/mol. The second-order valence-electron chi connectivity index (χ2n) is 8.18. The lowest BCUT2D eigenvalue weighted by atomic mass is 10.0. The van der Waals surface area contributed by atoms with Crippen LogP contribution in [0.2, 0.25) is 0 Å². The lowest BCUT2D eigenvalue weighted by molar-refractivity contribution is -0.137. The third-order valence-electron chi connectivity index (χ3n) is 6.10. The number of para-hydroxylation sites is 1. The summed E-state index contributed by atoms with van der Waals surface area (Å²) in [7, 11) is 3.62. The first-order chi connectivity index (χ1) is 16.0. The number of ether oxygens (including phenoxy) is 1. The monoisotopic (exact) mass is 447 g/mol. The summed E-state index contributed by atoms with van der Waals surface area (Å²) in [6.07, 6.45) is 0. The number of rotatable bonds is 4. The predicted molar refractivity (Wildman–Crippen MR) is 125 cm³/mol. The molecule has 0 saturated carbocycles. The minimum atomic E-state index is -0.241. The Labute approximate surface area is 191 Å². The molecule has 5 rings (SSSR count). The van der Waals surface area contributed by atoms with Crippen LogP contribution in [0.1, 0.15) is 11.1 Å². The SMILES string of the molecule is COc1ccc2c(c1)/C(=C1/Nc3ccccc3/C1=N\OCC(=O)N1CCN(C)CC1)C(=O)N2. The van der Waals surface area contributed by atoms with Gasteiger partial charge in [-0.3, -0.25) is 9.59 Å². The van der Waals surface area contributed by atoms with Gasteiger partial charge in [-0.15, -0.1) is 0 Å². The fourth-order valence-corrected chi connectivity index (χ4v) is 4.22. The van der Waals surface area contributed by atoms with Crippen LogP contribution in [0.5, 0.6) is 5.75 Å². The molecule has 0 aliphatic carbocycles. The predicted octanol–water partition coefficient (Wildman–Crippen LogP) is 1.98. The molecule has 170 valence electrons. The molecule has 1 fully saturated rings. The van der Waals surface area contributed by atoms with Crippen molar-refractivity contribution in [2.24, 2.45) is 5.16 Å². The van der Waals surface area contributed by atoms with Crippen molar-refractivity contribution in [3.05, 3.63) is 59.3 Å². The molecule has 2 aromatic rings. The van der Waals surface area contributed by atoms with Gasteiger partial charge in [0.25, 0.3) is 11.8 Å². The highest BCUT2D eigenvalue weighted by molar-refractivity contribution is 6.39. The van der Waals surface area contributed by atoms with Crippen LogP contribution in [0.4, 0.5) is 11.4 Å². The zero-order chi connectivity index (χ0) is 22.9. The molecule has 1 saturated heterocycles. The maximum absolute atomic E-state index is 12.9. The van der Waals surface area contributed by atoms with E-state index in [0.29, 0.717) is 41.5 Å². The Balaban J connectivity index is 1.46. The molecule has 0 unspecified atom stereocenters. The number of carbonyl (C=O) groups excluding carboxylic acids is 2. The Bertz CT molecular complexity index is 1180. The molecule has 3 heterocycles. The maximum Gasteiger partial charge on any atom is 0.263 e. The number of piperazine rings is 1. The lowest BCUT2D eigenvalue weighted by Crippen LogP contribution is -2.48. The molecule has 0 atom stereocenters. The van der Waals surface area contributed by atoms with Crippen molar-refractivity contribution in [2.75, 3.05) is 57.6 Å². The molecule has 9 heteroatoms. The van der Waals surface area contributed by atoms with E-state index in [1.165, 1.54) is 0 Å². The zero-order valence-corrected chi connectivity index (χ0v) is 18.6. The van der Waals surface area contributed by atoms with E-state index in [4.69, 9.17) is 9.57 Å². The van der Waals surface area contributed by atoms with Crippen LogP contribution < -0.4 is 15.4 Å². The molecule has 33 heavy (non-hydrogen) atoms. The number of oxime groups is 1. The Hall–Kier alpha value is -3.85. The number of hydrogen-bond acceptors (Lipinski definition) is 7. The summed E-state index contributed by atoms with van der Waals surface area (Å²) in [6.45, 7) is 2.87. The quantitative estimate of drug-likeness (QED) is 0.550. The first-order valence-corrected chi connectivity index (χ1v) is 10.8. The summed E-state index contributed by atoms with van der Waals surface area (Å²) in [4.78, 5) is 35.0. The second-order valence-corrected chi connectivity index (χ2v) is 8.18. The van der Waals surface area contributed by atoms with Crippen molar-refractivity contribution in [3.63, 3.8) is 0 Å². The Morgan fingerprint density at radius 3 is 2.58 bits per heavy atom. The number of allylic oxidation sites excluding steroid dienone is 1. The van der Waals surface area contributed by atoms with Crippen molar-refractivity contribution in [2.45, 2.75) is 0 Å². The molecule has 2 N–H and O–H groups in total. The highest BCUT2D eigenvalue weighted by atomic mass is 16.6. The van der Waals surface area contributed by atoms with E-state index in [1.54, 1.807) is 18.1 Å². The molecule has 2 amide bonds. The van der Waals surface area contributed by atoms with E-state index in [2.05, 4.69) is 20.7 Å². The number of methoxy groups -OCH3 is 1. The number of likely N-dealkylation sites (N-methyl/N-ethyl adjacent to an activating group) is 1. The topological polar surface area (TPSA) is 95.5 Å². The van der Waals surface area contributed by atoms with Gasteiger partial charge in [-0.25, -0.2) is 0 Å². The number of nitrogens with zero attached hydrogens (tertiary/aromatic N) is 3. The van der Waals surface area contributed by atoms with Crippen molar-refractivity contribution in [3.8, 4) is 5.75 Å². The largest absolute Gasteiger partial charge is 0.497 e. The number of benzene rings is 2. The van der Waals surface area contributed by atoms with Crippen molar-refractivity contribution in [1.82, 2.24) is 9.80 Å². The minimum Gasteiger partial charge on any atom is -0.497 e. The minimum absolute atomic E-state index is 0.102.